The Morgan fingerprint density at radius 1 is 1.20 bits per heavy atom. The first-order valence-corrected chi connectivity index (χ1v) is 3.04. The van der Waals surface area contributed by atoms with E-state index in [1.165, 1.54) is 13.8 Å². The van der Waals surface area contributed by atoms with Crippen LogP contribution in [0.15, 0.2) is 11.7 Å². The minimum Gasteiger partial charge on any atom is -0.300 e. The monoisotopic (exact) mass is 148 g/mol. The molecule has 0 saturated carbocycles. The quantitative estimate of drug-likeness (QED) is 0.601. The number of halogens is 2. The van der Waals surface area contributed by atoms with Gasteiger partial charge in [0.15, 0.2) is 0 Å². The molecule has 0 aliphatic heterocycles. The van der Waals surface area contributed by atoms with E-state index in [0.717, 1.165) is 0 Å². The van der Waals surface area contributed by atoms with Crippen molar-refractivity contribution in [1.82, 2.24) is 0 Å². The second-order valence-corrected chi connectivity index (χ2v) is 2.24. The van der Waals surface area contributed by atoms with Gasteiger partial charge in [-0.05, 0) is 25.8 Å². The van der Waals surface area contributed by atoms with Crippen LogP contribution in [0.4, 0.5) is 8.78 Å². The van der Waals surface area contributed by atoms with E-state index in [-0.39, 0.29) is 24.2 Å². The molecular formula is C7H10F2O. The molecule has 0 radical (unpaired) electrons. The van der Waals surface area contributed by atoms with Crippen LogP contribution < -0.4 is 0 Å². The molecule has 0 atom stereocenters. The molecule has 0 aromatic heterocycles. The van der Waals surface area contributed by atoms with E-state index in [4.69, 9.17) is 0 Å². The molecule has 0 saturated heterocycles. The second-order valence-electron chi connectivity index (χ2n) is 2.24. The third-order valence-corrected chi connectivity index (χ3v) is 1.17. The molecule has 0 rings (SSSR count). The lowest BCUT2D eigenvalue weighted by atomic mass is 10.1. The van der Waals surface area contributed by atoms with Gasteiger partial charge in [-0.3, -0.25) is 0 Å². The van der Waals surface area contributed by atoms with Crippen LogP contribution in [0.1, 0.15) is 26.7 Å². The highest BCUT2D eigenvalue weighted by atomic mass is 19.3. The van der Waals surface area contributed by atoms with E-state index in [0.29, 0.717) is 0 Å². The van der Waals surface area contributed by atoms with Crippen LogP contribution in [0, 0.1) is 0 Å². The normalized spacial score (nSPS) is 9.20. The predicted molar refractivity (Wildman–Crippen MR) is 34.8 cm³/mol. The summed E-state index contributed by atoms with van der Waals surface area (Å²) in [4.78, 5) is 10.3. The molecule has 0 amide bonds. The molecule has 58 valence electrons. The molecule has 0 N–H and O–H groups in total. The first kappa shape index (κ1) is 9.27. The average Bonchev–Trinajstić information content (AvgIpc) is 1.82. The third kappa shape index (κ3) is 4.18. The highest BCUT2D eigenvalue weighted by Gasteiger charge is 2.00. The van der Waals surface area contributed by atoms with Gasteiger partial charge in [0.05, 0.1) is 0 Å². The zero-order valence-electron chi connectivity index (χ0n) is 6.08. The van der Waals surface area contributed by atoms with Crippen molar-refractivity contribution in [2.75, 3.05) is 0 Å². The van der Waals surface area contributed by atoms with Gasteiger partial charge < -0.3 is 4.79 Å². The molecule has 1 nitrogen and oxygen atoms in total. The van der Waals surface area contributed by atoms with Crippen LogP contribution in [-0.2, 0) is 4.79 Å². The van der Waals surface area contributed by atoms with Gasteiger partial charge in [-0.2, -0.15) is 8.78 Å². The fraction of sp³-hybridized carbons (Fsp3) is 0.571. The van der Waals surface area contributed by atoms with Crippen LogP contribution in [0.25, 0.3) is 0 Å². The second kappa shape index (κ2) is 4.14. The van der Waals surface area contributed by atoms with Crippen LogP contribution >= 0.6 is 0 Å². The van der Waals surface area contributed by atoms with Gasteiger partial charge in [0.2, 0.25) is 0 Å². The molecule has 0 spiro atoms. The Hall–Kier alpha value is -0.730. The molecule has 0 aromatic carbocycles. The molecular weight excluding hydrogens is 138 g/mol. The van der Waals surface area contributed by atoms with Crippen molar-refractivity contribution >= 4 is 5.78 Å². The fourth-order valence-corrected chi connectivity index (χ4v) is 0.458. The van der Waals surface area contributed by atoms with Crippen LogP contribution in [0.2, 0.25) is 0 Å². The number of hydrogen-bond donors (Lipinski definition) is 0. The van der Waals surface area contributed by atoms with Crippen molar-refractivity contribution in [3.8, 4) is 0 Å². The number of rotatable bonds is 3. The van der Waals surface area contributed by atoms with Gasteiger partial charge in [0.1, 0.15) is 5.78 Å². The van der Waals surface area contributed by atoms with Crippen LogP contribution in [0.3, 0.4) is 0 Å². The Balaban J connectivity index is 3.71. The summed E-state index contributed by atoms with van der Waals surface area (Å²) in [6, 6.07) is 0. The zero-order chi connectivity index (χ0) is 8.15. The Kier molecular flexibility index (Phi) is 3.84. The molecule has 0 aromatic rings. The van der Waals surface area contributed by atoms with E-state index in [2.05, 4.69) is 0 Å². The summed E-state index contributed by atoms with van der Waals surface area (Å²) in [7, 11) is 0. The van der Waals surface area contributed by atoms with Crippen LogP contribution in [0.5, 0.6) is 0 Å². The lowest BCUT2D eigenvalue weighted by Gasteiger charge is -1.94. The number of carbonyl (C=O) groups is 1. The van der Waals surface area contributed by atoms with E-state index in [1.54, 1.807) is 0 Å². The van der Waals surface area contributed by atoms with Gasteiger partial charge >= 0.3 is 0 Å². The largest absolute Gasteiger partial charge is 0.300 e. The highest BCUT2D eigenvalue weighted by molar-refractivity contribution is 5.75. The highest BCUT2D eigenvalue weighted by Crippen LogP contribution is 2.12. The van der Waals surface area contributed by atoms with Gasteiger partial charge in [-0.25, -0.2) is 0 Å². The standard InChI is InChI=1S/C7H10F2O/c1-5(7(8)9)3-4-6(2)10/h3-4H2,1-2H3. The van der Waals surface area contributed by atoms with E-state index < -0.39 is 6.08 Å². The molecule has 0 unspecified atom stereocenters. The maximum Gasteiger partial charge on any atom is 0.269 e. The van der Waals surface area contributed by atoms with Gasteiger partial charge in [-0.15, -0.1) is 0 Å². The van der Waals surface area contributed by atoms with E-state index in [9.17, 15) is 13.6 Å². The predicted octanol–water partition coefficient (Wildman–Crippen LogP) is 2.53. The van der Waals surface area contributed by atoms with Crippen molar-refractivity contribution in [1.29, 1.82) is 0 Å². The van der Waals surface area contributed by atoms with Crippen LogP contribution in [-0.4, -0.2) is 5.78 Å². The van der Waals surface area contributed by atoms with Crippen molar-refractivity contribution in [2.24, 2.45) is 0 Å². The van der Waals surface area contributed by atoms with Crippen molar-refractivity contribution < 1.29 is 13.6 Å². The van der Waals surface area contributed by atoms with Gasteiger partial charge in [0, 0.05) is 6.42 Å². The summed E-state index contributed by atoms with van der Waals surface area (Å²) in [6.07, 6.45) is -1.28. The molecule has 10 heavy (non-hydrogen) atoms. The maximum atomic E-state index is 11.6. The molecule has 3 heteroatoms. The first-order valence-electron chi connectivity index (χ1n) is 3.04. The Bertz CT molecular complexity index is 157. The molecule has 0 bridgehead atoms. The summed E-state index contributed by atoms with van der Waals surface area (Å²) in [5, 5.41) is 0. The minimum atomic E-state index is -1.67. The first-order chi connectivity index (χ1) is 4.54. The Labute approximate surface area is 58.7 Å². The number of Topliss-reactive ketones (excluding diaryl/α,β-unsaturated/α-hetero) is 1. The summed E-state index contributed by atoms with van der Waals surface area (Å²) >= 11 is 0. The van der Waals surface area contributed by atoms with Gasteiger partial charge in [0.25, 0.3) is 6.08 Å². The van der Waals surface area contributed by atoms with Gasteiger partial charge in [-0.1, -0.05) is 0 Å². The summed E-state index contributed by atoms with van der Waals surface area (Å²) in [5.74, 6) is -0.0550. The lowest BCUT2D eigenvalue weighted by Crippen LogP contribution is -1.90. The third-order valence-electron chi connectivity index (χ3n) is 1.17. The van der Waals surface area contributed by atoms with E-state index in [1.807, 2.05) is 0 Å². The topological polar surface area (TPSA) is 17.1 Å². The molecule has 0 heterocycles. The summed E-state index contributed by atoms with van der Waals surface area (Å²) in [5.41, 5.74) is 0.00944. The van der Waals surface area contributed by atoms with E-state index >= 15 is 0 Å². The number of hydrogen-bond acceptors (Lipinski definition) is 1. The average molecular weight is 148 g/mol. The SMILES string of the molecule is CC(=O)CCC(C)=C(F)F. The van der Waals surface area contributed by atoms with Crippen molar-refractivity contribution in [3.05, 3.63) is 11.7 Å². The summed E-state index contributed by atoms with van der Waals surface area (Å²) < 4.78 is 23.3. The minimum absolute atomic E-state index is 0.00944. The Morgan fingerprint density at radius 2 is 1.70 bits per heavy atom. The van der Waals surface area contributed by atoms with Crippen molar-refractivity contribution in [2.45, 2.75) is 26.7 Å². The number of allylic oxidation sites excluding steroid dienone is 1. The number of ketones is 1. The number of carbonyl (C=O) groups excluding carboxylic acids is 1. The fourth-order valence-electron chi connectivity index (χ4n) is 0.458. The lowest BCUT2D eigenvalue weighted by molar-refractivity contribution is -0.116. The molecule has 0 fully saturated rings. The molecule has 0 aliphatic rings. The molecule has 0 aliphatic carbocycles. The zero-order valence-corrected chi connectivity index (χ0v) is 6.08. The van der Waals surface area contributed by atoms with Crippen molar-refractivity contribution in [3.63, 3.8) is 0 Å². The Morgan fingerprint density at radius 3 is 2.00 bits per heavy atom. The maximum absolute atomic E-state index is 11.6. The smallest absolute Gasteiger partial charge is 0.269 e. The summed E-state index contributed by atoms with van der Waals surface area (Å²) in [6.45, 7) is 2.72.